The zero-order chi connectivity index (χ0) is 26.0. The Hall–Kier alpha value is -3.07. The number of sulfonamides is 1. The number of hydrogen-bond acceptors (Lipinski definition) is 5. The monoisotopic (exact) mass is 513 g/mol. The number of ketones is 1. The molecule has 1 amide bonds. The van der Waals surface area contributed by atoms with Gasteiger partial charge in [-0.2, -0.15) is 0 Å². The zero-order valence-electron chi connectivity index (χ0n) is 21.2. The summed E-state index contributed by atoms with van der Waals surface area (Å²) in [6.45, 7) is 7.80. The van der Waals surface area contributed by atoms with Crippen LogP contribution >= 0.6 is 0 Å². The lowest BCUT2D eigenvalue weighted by Crippen LogP contribution is -2.48. The van der Waals surface area contributed by atoms with E-state index in [-0.39, 0.29) is 22.6 Å². The van der Waals surface area contributed by atoms with Crippen molar-refractivity contribution in [1.29, 1.82) is 0 Å². The number of nitrogens with zero attached hydrogens (tertiary/aromatic N) is 3. The van der Waals surface area contributed by atoms with Gasteiger partial charge in [-0.05, 0) is 61.1 Å². The van der Waals surface area contributed by atoms with Crippen LogP contribution in [0.1, 0.15) is 56.0 Å². The smallest absolute Gasteiger partial charge is 0.407 e. The summed E-state index contributed by atoms with van der Waals surface area (Å²) in [5.41, 5.74) is 2.90. The van der Waals surface area contributed by atoms with Gasteiger partial charge in [0.05, 0.1) is 10.6 Å². The highest BCUT2D eigenvalue weighted by Gasteiger charge is 2.34. The van der Waals surface area contributed by atoms with Crippen LogP contribution in [-0.2, 0) is 16.4 Å². The van der Waals surface area contributed by atoms with Crippen molar-refractivity contribution in [2.45, 2.75) is 57.4 Å². The molecular weight excluding hydrogens is 478 g/mol. The zero-order valence-corrected chi connectivity index (χ0v) is 22.0. The van der Waals surface area contributed by atoms with E-state index in [1.807, 2.05) is 38.1 Å². The highest BCUT2D eigenvalue weighted by molar-refractivity contribution is 7.92. The molecule has 8 nitrogen and oxygen atoms in total. The maximum Gasteiger partial charge on any atom is 0.407 e. The molecule has 0 aliphatic carbocycles. The topological polar surface area (TPSA) is 98.2 Å². The molecule has 1 saturated heterocycles. The Morgan fingerprint density at radius 1 is 1.08 bits per heavy atom. The van der Waals surface area contributed by atoms with Gasteiger partial charge in [0.25, 0.3) is 10.0 Å². The van der Waals surface area contributed by atoms with Gasteiger partial charge in [0.15, 0.2) is 5.78 Å². The molecule has 9 heteroatoms. The van der Waals surface area contributed by atoms with E-state index in [9.17, 15) is 23.1 Å². The SMILES string of the molecule is CCc1ccc(N(CC(C)C)S(=O)(=O)c2ccc3c(c2)C(=O)CCN3C2CCN(C(=O)O)CC2)cc1. The molecule has 36 heavy (non-hydrogen) atoms. The highest BCUT2D eigenvalue weighted by Crippen LogP contribution is 2.35. The first-order valence-electron chi connectivity index (χ1n) is 12.6. The summed E-state index contributed by atoms with van der Waals surface area (Å²) in [5.74, 6) is 0.0426. The molecule has 0 aromatic heterocycles. The Morgan fingerprint density at radius 2 is 1.75 bits per heavy atom. The van der Waals surface area contributed by atoms with E-state index < -0.39 is 16.1 Å². The number of aryl methyl sites for hydroxylation is 1. The van der Waals surface area contributed by atoms with Crippen molar-refractivity contribution in [3.05, 3.63) is 53.6 Å². The van der Waals surface area contributed by atoms with E-state index in [0.717, 1.165) is 17.7 Å². The van der Waals surface area contributed by atoms with Crippen molar-refractivity contribution >= 4 is 33.3 Å². The fraction of sp³-hybridized carbons (Fsp3) is 0.481. The number of carbonyl (C=O) groups is 2. The molecule has 0 unspecified atom stereocenters. The first-order chi connectivity index (χ1) is 17.1. The third kappa shape index (κ3) is 5.21. The summed E-state index contributed by atoms with van der Waals surface area (Å²) in [5, 5.41) is 9.25. The summed E-state index contributed by atoms with van der Waals surface area (Å²) in [6, 6.07) is 12.6. The van der Waals surface area contributed by atoms with Gasteiger partial charge in [-0.1, -0.05) is 32.9 Å². The molecular formula is C27H35N3O5S. The normalized spacial score (nSPS) is 16.8. The Morgan fingerprint density at radius 3 is 2.33 bits per heavy atom. The van der Waals surface area contributed by atoms with E-state index >= 15 is 0 Å². The van der Waals surface area contributed by atoms with E-state index in [1.54, 1.807) is 12.1 Å². The molecule has 2 aliphatic rings. The van der Waals surface area contributed by atoms with Crippen LogP contribution in [0.2, 0.25) is 0 Å². The predicted molar refractivity (Wildman–Crippen MR) is 141 cm³/mol. The summed E-state index contributed by atoms with van der Waals surface area (Å²) in [6.07, 6.45) is 1.62. The molecule has 0 saturated carbocycles. The number of hydrogen-bond donors (Lipinski definition) is 1. The first kappa shape index (κ1) is 26.0. The molecule has 194 valence electrons. The van der Waals surface area contributed by atoms with Crippen LogP contribution in [0.5, 0.6) is 0 Å². The standard InChI is InChI=1S/C27H35N3O5S/c1-4-20-5-7-22(8-6-20)30(18-19(2)3)36(34,35)23-9-10-25-24(17-23)26(31)13-16-29(25)21-11-14-28(15-12-21)27(32)33/h5-10,17,19,21H,4,11-16,18H2,1-3H3,(H,32,33). The van der Waals surface area contributed by atoms with Crippen LogP contribution in [0.3, 0.4) is 0 Å². The minimum absolute atomic E-state index is 0.0658. The summed E-state index contributed by atoms with van der Waals surface area (Å²) in [7, 11) is -3.89. The van der Waals surface area contributed by atoms with Crippen molar-refractivity contribution in [2.24, 2.45) is 5.92 Å². The van der Waals surface area contributed by atoms with Crippen LogP contribution in [0.25, 0.3) is 0 Å². The summed E-state index contributed by atoms with van der Waals surface area (Å²) >= 11 is 0. The van der Waals surface area contributed by atoms with Gasteiger partial charge in [0.2, 0.25) is 0 Å². The minimum Gasteiger partial charge on any atom is -0.465 e. The molecule has 4 rings (SSSR count). The Kier molecular flexibility index (Phi) is 7.59. The van der Waals surface area contributed by atoms with Gasteiger partial charge >= 0.3 is 6.09 Å². The van der Waals surface area contributed by atoms with Gasteiger partial charge in [0, 0.05) is 49.9 Å². The van der Waals surface area contributed by atoms with Crippen LogP contribution < -0.4 is 9.21 Å². The van der Waals surface area contributed by atoms with E-state index in [4.69, 9.17) is 0 Å². The number of piperidine rings is 1. The van der Waals surface area contributed by atoms with Gasteiger partial charge in [-0.3, -0.25) is 9.10 Å². The largest absolute Gasteiger partial charge is 0.465 e. The Labute approximate surface area is 213 Å². The number of benzene rings is 2. The number of amides is 1. The average molecular weight is 514 g/mol. The van der Waals surface area contributed by atoms with E-state index in [0.29, 0.717) is 56.7 Å². The number of carboxylic acid groups (broad SMARTS) is 1. The second-order valence-electron chi connectivity index (χ2n) is 10.00. The predicted octanol–water partition coefficient (Wildman–Crippen LogP) is 4.64. The summed E-state index contributed by atoms with van der Waals surface area (Å²) < 4.78 is 29.1. The van der Waals surface area contributed by atoms with Crippen LogP contribution in [0.15, 0.2) is 47.4 Å². The Balaban J connectivity index is 1.66. The number of rotatable bonds is 7. The number of likely N-dealkylation sites (tertiary alicyclic amines) is 1. The molecule has 1 N–H and O–H groups in total. The number of Topliss-reactive ketones (excluding diaryl/α,β-unsaturated/α-hetero) is 1. The molecule has 0 radical (unpaired) electrons. The molecule has 2 aromatic rings. The number of carbonyl (C=O) groups excluding carboxylic acids is 1. The molecule has 2 aromatic carbocycles. The van der Waals surface area contributed by atoms with Gasteiger partial charge in [0.1, 0.15) is 0 Å². The third-order valence-electron chi connectivity index (χ3n) is 7.08. The fourth-order valence-electron chi connectivity index (χ4n) is 5.07. The average Bonchev–Trinajstić information content (AvgIpc) is 2.87. The lowest BCUT2D eigenvalue weighted by molar-refractivity contribution is 0.0977. The second kappa shape index (κ2) is 10.5. The molecule has 2 heterocycles. The molecule has 0 spiro atoms. The maximum atomic E-state index is 13.8. The third-order valence-corrected chi connectivity index (χ3v) is 8.87. The maximum absolute atomic E-state index is 13.8. The summed E-state index contributed by atoms with van der Waals surface area (Å²) in [4.78, 5) is 27.9. The van der Waals surface area contributed by atoms with Gasteiger partial charge < -0.3 is 14.9 Å². The van der Waals surface area contributed by atoms with Crippen molar-refractivity contribution in [2.75, 3.05) is 35.4 Å². The van der Waals surface area contributed by atoms with Gasteiger partial charge in [-0.25, -0.2) is 13.2 Å². The van der Waals surface area contributed by atoms with Crippen molar-refractivity contribution in [3.8, 4) is 0 Å². The van der Waals surface area contributed by atoms with Crippen molar-refractivity contribution in [3.63, 3.8) is 0 Å². The molecule has 1 fully saturated rings. The molecule has 2 aliphatic heterocycles. The second-order valence-corrected chi connectivity index (χ2v) is 11.9. The Bertz CT molecular complexity index is 1220. The lowest BCUT2D eigenvalue weighted by atomic mass is 9.95. The first-order valence-corrected chi connectivity index (χ1v) is 14.1. The van der Waals surface area contributed by atoms with Gasteiger partial charge in [-0.15, -0.1) is 0 Å². The van der Waals surface area contributed by atoms with E-state index in [2.05, 4.69) is 11.8 Å². The van der Waals surface area contributed by atoms with Crippen molar-refractivity contribution in [1.82, 2.24) is 4.90 Å². The quantitative estimate of drug-likeness (QED) is 0.579. The van der Waals surface area contributed by atoms with Crippen LogP contribution in [0, 0.1) is 5.92 Å². The number of anilines is 2. The van der Waals surface area contributed by atoms with E-state index in [1.165, 1.54) is 15.3 Å². The molecule has 0 atom stereocenters. The van der Waals surface area contributed by atoms with Crippen LogP contribution in [-0.4, -0.2) is 62.5 Å². The highest BCUT2D eigenvalue weighted by atomic mass is 32.2. The molecule has 0 bridgehead atoms. The lowest BCUT2D eigenvalue weighted by Gasteiger charge is -2.41. The number of fused-ring (bicyclic) bond motifs is 1. The minimum atomic E-state index is -3.89. The fourth-order valence-corrected chi connectivity index (χ4v) is 6.73. The van der Waals surface area contributed by atoms with Crippen molar-refractivity contribution < 1.29 is 23.1 Å². The van der Waals surface area contributed by atoms with Crippen LogP contribution in [0.4, 0.5) is 16.2 Å².